The molecule has 0 aromatic heterocycles. The number of rotatable bonds is 4. The van der Waals surface area contributed by atoms with Gasteiger partial charge in [0.25, 0.3) is 0 Å². The van der Waals surface area contributed by atoms with Gasteiger partial charge in [0.1, 0.15) is 0 Å². The van der Waals surface area contributed by atoms with Gasteiger partial charge in [-0.3, -0.25) is 14.6 Å². The first kappa shape index (κ1) is 15.3. The van der Waals surface area contributed by atoms with E-state index in [0.29, 0.717) is 19.1 Å². The van der Waals surface area contributed by atoms with Gasteiger partial charge >= 0.3 is 5.97 Å². The molecule has 3 fully saturated rings. The second-order valence-corrected chi connectivity index (χ2v) is 6.48. The summed E-state index contributed by atoms with van der Waals surface area (Å²) in [7, 11) is 0. The van der Waals surface area contributed by atoms with E-state index in [0.717, 1.165) is 39.3 Å². The van der Waals surface area contributed by atoms with Gasteiger partial charge in [0.05, 0.1) is 26.2 Å². The minimum Gasteiger partial charge on any atom is -0.466 e. The summed E-state index contributed by atoms with van der Waals surface area (Å²) in [5, 5.41) is 0. The molecule has 0 aromatic rings. The molecule has 0 spiro atoms. The van der Waals surface area contributed by atoms with Crippen LogP contribution in [0.3, 0.4) is 0 Å². The van der Waals surface area contributed by atoms with Crippen molar-refractivity contribution in [2.45, 2.75) is 50.6 Å². The molecule has 0 radical (unpaired) electrons. The Morgan fingerprint density at radius 1 is 1.24 bits per heavy atom. The molecule has 0 aromatic carbocycles. The molecular formula is C16H28N2O3. The first-order valence-electron chi connectivity index (χ1n) is 8.49. The lowest BCUT2D eigenvalue weighted by molar-refractivity contribution is -0.149. The summed E-state index contributed by atoms with van der Waals surface area (Å²) >= 11 is 0. The molecule has 2 atom stereocenters. The normalized spacial score (nSPS) is 34.6. The molecule has 3 aliphatic rings. The number of esters is 1. The second kappa shape index (κ2) is 6.63. The summed E-state index contributed by atoms with van der Waals surface area (Å²) < 4.78 is 10.8. The predicted molar refractivity (Wildman–Crippen MR) is 80.2 cm³/mol. The fourth-order valence-corrected chi connectivity index (χ4v) is 4.53. The van der Waals surface area contributed by atoms with E-state index < -0.39 is 0 Å². The number of hydrogen-bond donors (Lipinski definition) is 0. The van der Waals surface area contributed by atoms with Gasteiger partial charge in [-0.1, -0.05) is 6.42 Å². The highest BCUT2D eigenvalue weighted by molar-refractivity contribution is 5.71. The minimum atomic E-state index is -0.0311. The Labute approximate surface area is 127 Å². The molecule has 3 saturated heterocycles. The largest absolute Gasteiger partial charge is 0.466 e. The molecule has 0 N–H and O–H groups in total. The molecule has 0 saturated carbocycles. The average molecular weight is 296 g/mol. The number of piperidine rings is 1. The number of ether oxygens (including phenoxy) is 2. The molecule has 21 heavy (non-hydrogen) atoms. The fraction of sp³-hybridized carbons (Fsp3) is 0.938. The van der Waals surface area contributed by atoms with Crippen molar-refractivity contribution in [2.24, 2.45) is 0 Å². The van der Waals surface area contributed by atoms with Crippen LogP contribution in [0.1, 0.15) is 39.0 Å². The van der Waals surface area contributed by atoms with Crippen LogP contribution in [0.15, 0.2) is 0 Å². The number of fused-ring (bicyclic) bond motifs is 1. The van der Waals surface area contributed by atoms with Crippen LogP contribution < -0.4 is 0 Å². The maximum absolute atomic E-state index is 12.2. The molecule has 0 bridgehead atoms. The van der Waals surface area contributed by atoms with E-state index in [1.165, 1.54) is 25.8 Å². The summed E-state index contributed by atoms with van der Waals surface area (Å²) in [4.78, 5) is 17.4. The van der Waals surface area contributed by atoms with Crippen LogP contribution in [0, 0.1) is 0 Å². The van der Waals surface area contributed by atoms with Crippen LogP contribution in [0.2, 0.25) is 0 Å². The van der Waals surface area contributed by atoms with Crippen molar-refractivity contribution < 1.29 is 14.3 Å². The van der Waals surface area contributed by atoms with Crippen molar-refractivity contribution >= 4 is 5.97 Å². The second-order valence-electron chi connectivity index (χ2n) is 6.48. The molecule has 3 aliphatic heterocycles. The van der Waals surface area contributed by atoms with Crippen molar-refractivity contribution in [2.75, 3.05) is 46.0 Å². The lowest BCUT2D eigenvalue weighted by Crippen LogP contribution is -2.61. The van der Waals surface area contributed by atoms with Crippen LogP contribution in [0.4, 0.5) is 0 Å². The van der Waals surface area contributed by atoms with Gasteiger partial charge in [0.15, 0.2) is 0 Å². The summed E-state index contributed by atoms with van der Waals surface area (Å²) in [6.07, 6.45) is 5.44. The Balaban J connectivity index is 1.81. The quantitative estimate of drug-likeness (QED) is 0.731. The third-order valence-corrected chi connectivity index (χ3v) is 5.46. The Morgan fingerprint density at radius 3 is 2.81 bits per heavy atom. The summed E-state index contributed by atoms with van der Waals surface area (Å²) in [6.45, 7) is 8.16. The van der Waals surface area contributed by atoms with Gasteiger partial charge in [0, 0.05) is 31.2 Å². The Hall–Kier alpha value is -0.650. The zero-order chi connectivity index (χ0) is 14.7. The number of hydrogen-bond acceptors (Lipinski definition) is 5. The molecule has 0 amide bonds. The summed E-state index contributed by atoms with van der Waals surface area (Å²) in [5.74, 6) is -0.0311. The number of nitrogens with zero attached hydrogens (tertiary/aromatic N) is 2. The molecule has 5 heteroatoms. The highest BCUT2D eigenvalue weighted by Crippen LogP contribution is 2.42. The number of carbonyl (C=O) groups excluding carboxylic acids is 1. The van der Waals surface area contributed by atoms with Gasteiger partial charge in [0.2, 0.25) is 0 Å². The van der Waals surface area contributed by atoms with Crippen LogP contribution in [0.5, 0.6) is 0 Å². The van der Waals surface area contributed by atoms with Crippen LogP contribution in [-0.4, -0.2) is 73.3 Å². The van der Waals surface area contributed by atoms with Gasteiger partial charge in [-0.25, -0.2) is 0 Å². The van der Waals surface area contributed by atoms with Crippen LogP contribution >= 0.6 is 0 Å². The van der Waals surface area contributed by atoms with E-state index in [4.69, 9.17) is 9.47 Å². The van der Waals surface area contributed by atoms with Gasteiger partial charge in [-0.2, -0.15) is 0 Å². The first-order valence-corrected chi connectivity index (χ1v) is 8.49. The van der Waals surface area contributed by atoms with E-state index in [1.807, 2.05) is 6.92 Å². The van der Waals surface area contributed by atoms with E-state index in [2.05, 4.69) is 9.80 Å². The summed E-state index contributed by atoms with van der Waals surface area (Å²) in [5.41, 5.74) is -0.0174. The van der Waals surface area contributed by atoms with Crippen molar-refractivity contribution in [3.8, 4) is 0 Å². The topological polar surface area (TPSA) is 42.0 Å². The monoisotopic (exact) mass is 296 g/mol. The van der Waals surface area contributed by atoms with E-state index in [1.54, 1.807) is 0 Å². The molecule has 0 aliphatic carbocycles. The Kier molecular flexibility index (Phi) is 4.82. The molecular weight excluding hydrogens is 268 g/mol. The lowest BCUT2D eigenvalue weighted by atomic mass is 9.80. The standard InChI is InChI=1S/C16H28N2O3/c1-2-21-15(19)13-16(18-9-11-20-12-10-18)6-8-17-7-4-3-5-14(16)17/h14H,2-13H2,1H3. The van der Waals surface area contributed by atoms with Crippen molar-refractivity contribution in [3.63, 3.8) is 0 Å². The fourth-order valence-electron chi connectivity index (χ4n) is 4.53. The first-order chi connectivity index (χ1) is 10.3. The smallest absolute Gasteiger partial charge is 0.307 e. The number of morpholine rings is 1. The van der Waals surface area contributed by atoms with Gasteiger partial charge in [-0.15, -0.1) is 0 Å². The highest BCUT2D eigenvalue weighted by atomic mass is 16.5. The van der Waals surface area contributed by atoms with E-state index >= 15 is 0 Å². The third kappa shape index (κ3) is 2.96. The zero-order valence-electron chi connectivity index (χ0n) is 13.2. The van der Waals surface area contributed by atoms with E-state index in [9.17, 15) is 4.79 Å². The SMILES string of the molecule is CCOC(=O)CC1(N2CCOCC2)CCN2CCCCC21. The maximum Gasteiger partial charge on any atom is 0.307 e. The molecule has 3 rings (SSSR count). The van der Waals surface area contributed by atoms with Crippen molar-refractivity contribution in [1.82, 2.24) is 9.80 Å². The van der Waals surface area contributed by atoms with Gasteiger partial charge in [-0.05, 0) is 32.7 Å². The maximum atomic E-state index is 12.2. The number of carbonyl (C=O) groups is 1. The molecule has 3 heterocycles. The highest BCUT2D eigenvalue weighted by Gasteiger charge is 2.52. The Bertz CT molecular complexity index is 371. The third-order valence-electron chi connectivity index (χ3n) is 5.46. The molecule has 5 nitrogen and oxygen atoms in total. The lowest BCUT2D eigenvalue weighted by Gasteiger charge is -2.48. The van der Waals surface area contributed by atoms with Crippen LogP contribution in [0.25, 0.3) is 0 Å². The van der Waals surface area contributed by atoms with Gasteiger partial charge < -0.3 is 9.47 Å². The minimum absolute atomic E-state index is 0.0174. The predicted octanol–water partition coefficient (Wildman–Crippen LogP) is 1.27. The Morgan fingerprint density at radius 2 is 2.05 bits per heavy atom. The van der Waals surface area contributed by atoms with Crippen molar-refractivity contribution in [3.05, 3.63) is 0 Å². The summed E-state index contributed by atoms with van der Waals surface area (Å²) in [6, 6.07) is 0.522. The molecule has 120 valence electrons. The van der Waals surface area contributed by atoms with E-state index in [-0.39, 0.29) is 11.5 Å². The zero-order valence-corrected chi connectivity index (χ0v) is 13.2. The molecule has 2 unspecified atom stereocenters. The average Bonchev–Trinajstić information content (AvgIpc) is 2.89. The van der Waals surface area contributed by atoms with Crippen LogP contribution in [-0.2, 0) is 14.3 Å². The van der Waals surface area contributed by atoms with Crippen molar-refractivity contribution in [1.29, 1.82) is 0 Å².